The number of esters is 1. The molecule has 9 nitrogen and oxygen atoms in total. The maximum absolute atomic E-state index is 13.0. The number of carbonyl (C=O) groups excluding carboxylic acids is 3. The Morgan fingerprint density at radius 3 is 2.39 bits per heavy atom. The number of nitrogens with zero attached hydrogens (tertiary/aromatic N) is 3. The zero-order chi connectivity index (χ0) is 27.7. The van der Waals surface area contributed by atoms with Crippen LogP contribution in [-0.2, 0) is 16.1 Å². The summed E-state index contributed by atoms with van der Waals surface area (Å²) in [6.07, 6.45) is 0.654. The van der Waals surface area contributed by atoms with E-state index in [2.05, 4.69) is 34.7 Å². The number of thioether (sulfide) groups is 1. The summed E-state index contributed by atoms with van der Waals surface area (Å²) >= 11 is 7.48. The molecule has 1 heterocycles. The number of aromatic nitrogens is 3. The van der Waals surface area contributed by atoms with E-state index in [4.69, 9.17) is 16.3 Å². The number of ether oxygens (including phenoxy) is 1. The van der Waals surface area contributed by atoms with Crippen LogP contribution in [0.5, 0.6) is 0 Å². The summed E-state index contributed by atoms with van der Waals surface area (Å²) in [6, 6.07) is 13.0. The van der Waals surface area contributed by atoms with E-state index in [1.807, 2.05) is 11.5 Å². The highest BCUT2D eigenvalue weighted by molar-refractivity contribution is 7.99. The van der Waals surface area contributed by atoms with E-state index in [0.29, 0.717) is 52.4 Å². The Morgan fingerprint density at radius 2 is 1.76 bits per heavy atom. The van der Waals surface area contributed by atoms with Crippen LogP contribution in [0.3, 0.4) is 0 Å². The Balaban J connectivity index is 1.68. The normalized spacial score (nSPS) is 11.7. The Morgan fingerprint density at radius 1 is 1.05 bits per heavy atom. The minimum Gasteiger partial charge on any atom is -0.462 e. The van der Waals surface area contributed by atoms with Crippen molar-refractivity contribution in [1.82, 2.24) is 20.1 Å². The molecule has 0 saturated heterocycles. The Bertz CT molecular complexity index is 1260. The van der Waals surface area contributed by atoms with Crippen LogP contribution < -0.4 is 10.6 Å². The molecule has 0 bridgehead atoms. The maximum atomic E-state index is 13.0. The molecule has 11 heteroatoms. The quantitative estimate of drug-likeness (QED) is 0.227. The predicted molar refractivity (Wildman–Crippen MR) is 149 cm³/mol. The number of benzene rings is 2. The average molecular weight is 558 g/mol. The molecule has 2 aromatic carbocycles. The monoisotopic (exact) mass is 557 g/mol. The predicted octanol–water partition coefficient (Wildman–Crippen LogP) is 5.38. The fourth-order valence-corrected chi connectivity index (χ4v) is 4.81. The highest BCUT2D eigenvalue weighted by Crippen LogP contribution is 2.26. The van der Waals surface area contributed by atoms with Gasteiger partial charge in [0.2, 0.25) is 5.91 Å². The second kappa shape index (κ2) is 14.0. The molecule has 0 saturated carbocycles. The Hall–Kier alpha value is -3.37. The first-order chi connectivity index (χ1) is 18.2. The third-order valence-electron chi connectivity index (χ3n) is 5.52. The van der Waals surface area contributed by atoms with Crippen molar-refractivity contribution in [3.05, 3.63) is 70.5 Å². The van der Waals surface area contributed by atoms with Crippen molar-refractivity contribution in [3.63, 3.8) is 0 Å². The minimum absolute atomic E-state index is 0.110. The van der Waals surface area contributed by atoms with Gasteiger partial charge in [-0.2, -0.15) is 0 Å². The van der Waals surface area contributed by atoms with Crippen LogP contribution >= 0.6 is 23.4 Å². The van der Waals surface area contributed by atoms with E-state index < -0.39 is 5.97 Å². The number of hydrogen-bond acceptors (Lipinski definition) is 7. The molecular formula is C27H32ClN5O4S. The van der Waals surface area contributed by atoms with E-state index in [1.54, 1.807) is 55.5 Å². The van der Waals surface area contributed by atoms with Crippen LogP contribution in [0.15, 0.2) is 53.7 Å². The largest absolute Gasteiger partial charge is 0.462 e. The summed E-state index contributed by atoms with van der Waals surface area (Å²) in [7, 11) is 0. The first-order valence-electron chi connectivity index (χ1n) is 12.4. The molecule has 0 unspecified atom stereocenters. The summed E-state index contributed by atoms with van der Waals surface area (Å²) in [5, 5.41) is 15.5. The highest BCUT2D eigenvalue weighted by atomic mass is 35.5. The van der Waals surface area contributed by atoms with Crippen LogP contribution in [0.25, 0.3) is 0 Å². The van der Waals surface area contributed by atoms with E-state index in [1.165, 1.54) is 11.8 Å². The van der Waals surface area contributed by atoms with Crippen molar-refractivity contribution < 1.29 is 19.1 Å². The van der Waals surface area contributed by atoms with E-state index in [-0.39, 0.29) is 29.5 Å². The van der Waals surface area contributed by atoms with E-state index in [0.717, 1.165) is 0 Å². The molecule has 1 atom stereocenters. The number of rotatable bonds is 12. The van der Waals surface area contributed by atoms with Gasteiger partial charge in [-0.25, -0.2) is 4.79 Å². The molecule has 3 aromatic rings. The molecule has 0 fully saturated rings. The van der Waals surface area contributed by atoms with Gasteiger partial charge in [-0.3, -0.25) is 9.59 Å². The van der Waals surface area contributed by atoms with Crippen LogP contribution in [0.1, 0.15) is 66.7 Å². The summed E-state index contributed by atoms with van der Waals surface area (Å²) in [5.41, 5.74) is 1.38. The lowest BCUT2D eigenvalue weighted by molar-refractivity contribution is -0.113. The lowest BCUT2D eigenvalue weighted by Gasteiger charge is -2.21. The second-order valence-corrected chi connectivity index (χ2v) is 10.2. The van der Waals surface area contributed by atoms with Gasteiger partial charge in [0.15, 0.2) is 11.0 Å². The molecular weight excluding hydrogens is 526 g/mol. The van der Waals surface area contributed by atoms with Crippen LogP contribution in [0.2, 0.25) is 5.02 Å². The molecule has 0 aliphatic carbocycles. The van der Waals surface area contributed by atoms with Crippen molar-refractivity contribution >= 4 is 46.8 Å². The number of carbonyl (C=O) groups is 3. The molecule has 0 aliphatic heterocycles. The first-order valence-corrected chi connectivity index (χ1v) is 13.8. The van der Waals surface area contributed by atoms with Gasteiger partial charge in [-0.15, -0.1) is 10.2 Å². The third-order valence-corrected chi connectivity index (χ3v) is 6.81. The Labute approximate surface area is 231 Å². The SMILES string of the molecule is CCOC(=O)c1ccc(NC(=O)CSc2nnc([C@H](CC(C)C)NC(=O)c3ccccc3Cl)n2CC)cc1. The van der Waals surface area contributed by atoms with Crippen LogP contribution in [-0.4, -0.2) is 44.9 Å². The topological polar surface area (TPSA) is 115 Å². The van der Waals surface area contributed by atoms with E-state index >= 15 is 0 Å². The van der Waals surface area contributed by atoms with Gasteiger partial charge >= 0.3 is 5.97 Å². The van der Waals surface area contributed by atoms with Gasteiger partial charge in [0.1, 0.15) is 0 Å². The van der Waals surface area contributed by atoms with Gasteiger partial charge in [0.25, 0.3) is 5.91 Å². The van der Waals surface area contributed by atoms with Gasteiger partial charge in [-0.05, 0) is 62.6 Å². The summed E-state index contributed by atoms with van der Waals surface area (Å²) in [6.45, 7) is 8.71. The maximum Gasteiger partial charge on any atom is 0.338 e. The molecule has 1 aromatic heterocycles. The molecule has 2 N–H and O–H groups in total. The lowest BCUT2D eigenvalue weighted by atomic mass is 10.0. The zero-order valence-corrected chi connectivity index (χ0v) is 23.4. The van der Waals surface area contributed by atoms with Gasteiger partial charge in [0, 0.05) is 12.2 Å². The van der Waals surface area contributed by atoms with Crippen molar-refractivity contribution in [2.24, 2.45) is 5.92 Å². The zero-order valence-electron chi connectivity index (χ0n) is 21.9. The average Bonchev–Trinajstić information content (AvgIpc) is 3.30. The fourth-order valence-electron chi connectivity index (χ4n) is 3.77. The molecule has 3 rings (SSSR count). The molecule has 2 amide bonds. The third kappa shape index (κ3) is 7.82. The number of halogens is 1. The summed E-state index contributed by atoms with van der Waals surface area (Å²) < 4.78 is 6.88. The smallest absolute Gasteiger partial charge is 0.338 e. The lowest BCUT2D eigenvalue weighted by Crippen LogP contribution is -2.31. The van der Waals surface area contributed by atoms with Crippen LogP contribution in [0, 0.1) is 5.92 Å². The van der Waals surface area contributed by atoms with Crippen molar-refractivity contribution in [2.75, 3.05) is 17.7 Å². The molecule has 0 aliphatic rings. The minimum atomic E-state index is -0.408. The molecule has 0 radical (unpaired) electrons. The van der Waals surface area contributed by atoms with Crippen molar-refractivity contribution in [2.45, 2.75) is 51.9 Å². The number of anilines is 1. The van der Waals surface area contributed by atoms with Gasteiger partial charge < -0.3 is 19.9 Å². The van der Waals surface area contributed by atoms with Gasteiger partial charge in [-0.1, -0.05) is 49.3 Å². The number of nitrogens with one attached hydrogen (secondary N) is 2. The van der Waals surface area contributed by atoms with Gasteiger partial charge in [0.05, 0.1) is 34.6 Å². The molecule has 202 valence electrons. The van der Waals surface area contributed by atoms with Crippen molar-refractivity contribution in [1.29, 1.82) is 0 Å². The standard InChI is InChI=1S/C27H32ClN5O4S/c1-5-33-24(22(15-17(3)4)30-25(35)20-9-7-8-10-21(20)28)31-32-27(33)38-16-23(34)29-19-13-11-18(12-14-19)26(36)37-6-2/h7-14,17,22H,5-6,15-16H2,1-4H3,(H,29,34)(H,30,35)/t22-/m0/s1. The number of hydrogen-bond donors (Lipinski definition) is 2. The van der Waals surface area contributed by atoms with E-state index in [9.17, 15) is 14.4 Å². The Kier molecular flexibility index (Phi) is 10.7. The highest BCUT2D eigenvalue weighted by Gasteiger charge is 2.25. The second-order valence-electron chi connectivity index (χ2n) is 8.86. The van der Waals surface area contributed by atoms with Crippen molar-refractivity contribution in [3.8, 4) is 0 Å². The molecule has 0 spiro atoms. The summed E-state index contributed by atoms with van der Waals surface area (Å²) in [4.78, 5) is 37.4. The molecule has 38 heavy (non-hydrogen) atoms. The first kappa shape index (κ1) is 29.2. The fraction of sp³-hybridized carbons (Fsp3) is 0.370. The van der Waals surface area contributed by atoms with Crippen LogP contribution in [0.4, 0.5) is 5.69 Å². The summed E-state index contributed by atoms with van der Waals surface area (Å²) in [5.74, 6) is 0.101. The number of amides is 2.